The molecule has 1 atom stereocenters. The van der Waals surface area contributed by atoms with E-state index in [2.05, 4.69) is 26.0 Å². The minimum absolute atomic E-state index is 0.0322. The molecule has 0 heterocycles. The quantitative estimate of drug-likeness (QED) is 0.338. The number of halogens is 2. The number of carbonyl (C=O) groups is 2. The summed E-state index contributed by atoms with van der Waals surface area (Å²) in [5, 5.41) is 12.5. The summed E-state index contributed by atoms with van der Waals surface area (Å²) in [7, 11) is 0. The van der Waals surface area contributed by atoms with Crippen molar-refractivity contribution in [2.45, 2.75) is 4.90 Å². The third-order valence-corrected chi connectivity index (χ3v) is 5.71. The standard InChI is InChI=1S/C20H14BrClN2O4S/c21-13-4-9-18(17(11-13)20(26)27)23-19(25)12-2-1-3-16(10-12)29(28)24-15-7-5-14(22)6-8-15/h1-11,24,28H,(H-,23,25,26,27)/p+1. The summed E-state index contributed by atoms with van der Waals surface area (Å²) in [4.78, 5) is 24.5. The lowest BCUT2D eigenvalue weighted by atomic mass is 10.1. The molecule has 9 heteroatoms. The molecule has 0 aliphatic heterocycles. The monoisotopic (exact) mass is 493 g/mol. The molecule has 4 N–H and O–H groups in total. The van der Waals surface area contributed by atoms with Gasteiger partial charge in [0.05, 0.1) is 16.9 Å². The Bertz CT molecular complexity index is 1060. The molecule has 0 aromatic heterocycles. The molecule has 29 heavy (non-hydrogen) atoms. The highest BCUT2D eigenvalue weighted by molar-refractivity contribution is 9.10. The highest BCUT2D eigenvalue weighted by Gasteiger charge is 2.23. The zero-order valence-corrected chi connectivity index (χ0v) is 17.9. The number of aromatic carboxylic acids is 1. The summed E-state index contributed by atoms with van der Waals surface area (Å²) in [6.45, 7) is 0. The van der Waals surface area contributed by atoms with Gasteiger partial charge >= 0.3 is 17.3 Å². The van der Waals surface area contributed by atoms with Crippen LogP contribution in [0.5, 0.6) is 0 Å². The topological polar surface area (TPSA) is 98.7 Å². The second-order valence-electron chi connectivity index (χ2n) is 5.87. The Morgan fingerprint density at radius 2 is 1.72 bits per heavy atom. The van der Waals surface area contributed by atoms with Gasteiger partial charge in [0.1, 0.15) is 0 Å². The molecule has 148 valence electrons. The van der Waals surface area contributed by atoms with Crippen molar-refractivity contribution < 1.29 is 19.2 Å². The smallest absolute Gasteiger partial charge is 0.337 e. The first kappa shape index (κ1) is 21.2. The maximum absolute atomic E-state index is 12.6. The molecular weight excluding hydrogens is 480 g/mol. The van der Waals surface area contributed by atoms with Crippen LogP contribution in [0, 0.1) is 0 Å². The molecule has 6 nitrogen and oxygen atoms in total. The van der Waals surface area contributed by atoms with E-state index in [4.69, 9.17) is 11.6 Å². The van der Waals surface area contributed by atoms with Crippen LogP contribution in [0.15, 0.2) is 76.1 Å². The van der Waals surface area contributed by atoms with Crippen molar-refractivity contribution in [3.8, 4) is 0 Å². The largest absolute Gasteiger partial charge is 0.478 e. The summed E-state index contributed by atoms with van der Waals surface area (Å²) in [5.41, 5.74) is 1.11. The van der Waals surface area contributed by atoms with Gasteiger partial charge in [-0.2, -0.15) is 9.27 Å². The van der Waals surface area contributed by atoms with Gasteiger partial charge in [0.25, 0.3) is 5.91 Å². The number of carboxylic acids is 1. The van der Waals surface area contributed by atoms with E-state index in [1.807, 2.05) is 0 Å². The van der Waals surface area contributed by atoms with Gasteiger partial charge in [-0.05, 0) is 54.6 Å². The first-order chi connectivity index (χ1) is 13.8. The van der Waals surface area contributed by atoms with Crippen molar-refractivity contribution in [3.05, 3.63) is 87.4 Å². The van der Waals surface area contributed by atoms with E-state index in [0.717, 1.165) is 0 Å². The van der Waals surface area contributed by atoms with E-state index in [1.54, 1.807) is 54.6 Å². The van der Waals surface area contributed by atoms with Crippen molar-refractivity contribution in [1.29, 1.82) is 0 Å². The minimum Gasteiger partial charge on any atom is -0.478 e. The van der Waals surface area contributed by atoms with Crippen molar-refractivity contribution in [3.63, 3.8) is 0 Å². The van der Waals surface area contributed by atoms with Crippen LogP contribution in [0.2, 0.25) is 5.02 Å². The average molecular weight is 495 g/mol. The van der Waals surface area contributed by atoms with E-state index >= 15 is 0 Å². The predicted molar refractivity (Wildman–Crippen MR) is 119 cm³/mol. The summed E-state index contributed by atoms with van der Waals surface area (Å²) < 4.78 is 14.0. The van der Waals surface area contributed by atoms with Crippen LogP contribution in [-0.4, -0.2) is 21.5 Å². The van der Waals surface area contributed by atoms with Gasteiger partial charge in [-0.15, -0.1) is 0 Å². The fraction of sp³-hybridized carbons (Fsp3) is 0. The molecule has 0 fully saturated rings. The first-order valence-corrected chi connectivity index (χ1v) is 10.6. The molecule has 0 bridgehead atoms. The molecule has 0 aliphatic carbocycles. The number of carboxylic acid groups (broad SMARTS) is 1. The van der Waals surface area contributed by atoms with Gasteiger partial charge in [-0.3, -0.25) is 4.79 Å². The van der Waals surface area contributed by atoms with E-state index in [0.29, 0.717) is 20.1 Å². The molecule has 3 rings (SSSR count). The molecule has 0 saturated carbocycles. The average Bonchev–Trinajstić information content (AvgIpc) is 2.71. The number of rotatable bonds is 6. The molecule has 0 saturated heterocycles. The number of hydrogen-bond donors (Lipinski definition) is 4. The number of anilines is 2. The van der Waals surface area contributed by atoms with Crippen molar-refractivity contribution in [2.75, 3.05) is 10.0 Å². The van der Waals surface area contributed by atoms with Gasteiger partial charge in [-0.25, -0.2) is 4.79 Å². The Labute approximate surface area is 183 Å². The van der Waals surface area contributed by atoms with Crippen LogP contribution < -0.4 is 10.0 Å². The van der Waals surface area contributed by atoms with Crippen molar-refractivity contribution >= 4 is 62.1 Å². The molecule has 3 aromatic carbocycles. The normalized spacial score (nSPS) is 11.6. The molecule has 0 radical (unpaired) electrons. The van der Waals surface area contributed by atoms with Crippen LogP contribution in [0.3, 0.4) is 0 Å². The lowest BCUT2D eigenvalue weighted by molar-refractivity contribution is 0.0698. The Hall–Kier alpha value is -2.52. The number of hydrogen-bond acceptors (Lipinski definition) is 4. The highest BCUT2D eigenvalue weighted by atomic mass is 79.9. The van der Waals surface area contributed by atoms with Crippen molar-refractivity contribution in [1.82, 2.24) is 0 Å². The van der Waals surface area contributed by atoms with Crippen LogP contribution in [0.25, 0.3) is 0 Å². The third kappa shape index (κ3) is 5.51. The van der Waals surface area contributed by atoms with Crippen LogP contribution >= 0.6 is 27.5 Å². The predicted octanol–water partition coefficient (Wildman–Crippen LogP) is 5.53. The Balaban J connectivity index is 1.77. The first-order valence-electron chi connectivity index (χ1n) is 8.23. The van der Waals surface area contributed by atoms with Crippen LogP contribution in [0.1, 0.15) is 20.7 Å². The summed E-state index contributed by atoms with van der Waals surface area (Å²) in [5.74, 6) is -1.64. The number of carbonyl (C=O) groups excluding carboxylic acids is 1. The second kappa shape index (κ2) is 9.32. The molecule has 0 spiro atoms. The van der Waals surface area contributed by atoms with Crippen molar-refractivity contribution in [2.24, 2.45) is 0 Å². The molecule has 1 unspecified atom stereocenters. The maximum Gasteiger partial charge on any atom is 0.337 e. The Kier molecular flexibility index (Phi) is 6.81. The SMILES string of the molecule is O=C(Nc1ccc(Br)cc1C(=O)O)c1cccc([S+](O)Nc2ccc(Cl)cc2)c1. The van der Waals surface area contributed by atoms with E-state index in [1.165, 1.54) is 12.1 Å². The Morgan fingerprint density at radius 3 is 2.41 bits per heavy atom. The highest BCUT2D eigenvalue weighted by Crippen LogP contribution is 2.23. The molecule has 3 aromatic rings. The fourth-order valence-electron chi connectivity index (χ4n) is 2.44. The summed E-state index contributed by atoms with van der Waals surface area (Å²) >= 11 is 7.72. The maximum atomic E-state index is 12.6. The van der Waals surface area contributed by atoms with Crippen LogP contribution in [-0.2, 0) is 11.4 Å². The lowest BCUT2D eigenvalue weighted by Crippen LogP contribution is -2.17. The van der Waals surface area contributed by atoms with E-state index in [-0.39, 0.29) is 16.8 Å². The van der Waals surface area contributed by atoms with Gasteiger partial charge in [0.15, 0.2) is 0 Å². The fourth-order valence-corrected chi connectivity index (χ4v) is 3.85. The van der Waals surface area contributed by atoms with Crippen LogP contribution in [0.4, 0.5) is 11.4 Å². The zero-order valence-electron chi connectivity index (χ0n) is 14.7. The van der Waals surface area contributed by atoms with Gasteiger partial charge in [-0.1, -0.05) is 33.6 Å². The lowest BCUT2D eigenvalue weighted by Gasteiger charge is -2.09. The van der Waals surface area contributed by atoms with Gasteiger partial charge < -0.3 is 10.4 Å². The third-order valence-electron chi connectivity index (χ3n) is 3.84. The molecule has 0 aliphatic rings. The molecule has 1 amide bonds. The zero-order chi connectivity index (χ0) is 21.0. The summed E-state index contributed by atoms with van der Waals surface area (Å²) in [6.07, 6.45) is 0. The van der Waals surface area contributed by atoms with E-state index < -0.39 is 23.2 Å². The minimum atomic E-state index is -1.35. The second-order valence-corrected chi connectivity index (χ2v) is 8.47. The molecular formula is C20H15BrClN2O4S+. The van der Waals surface area contributed by atoms with E-state index in [9.17, 15) is 19.2 Å². The Morgan fingerprint density at radius 1 is 1.00 bits per heavy atom. The van der Waals surface area contributed by atoms with Gasteiger partial charge in [0, 0.05) is 21.1 Å². The number of nitrogens with one attached hydrogen (secondary N) is 2. The summed E-state index contributed by atoms with van der Waals surface area (Å²) in [6, 6.07) is 17.9. The number of amides is 1. The van der Waals surface area contributed by atoms with Gasteiger partial charge in [0.2, 0.25) is 4.90 Å². The number of benzene rings is 3.